The Kier molecular flexibility index (Phi) is 8.62. The molecule has 1 N–H and O–H groups in total. The summed E-state index contributed by atoms with van der Waals surface area (Å²) in [5.74, 6) is 0.735. The summed E-state index contributed by atoms with van der Waals surface area (Å²) in [4.78, 5) is 19.6. The van der Waals surface area contributed by atoms with Crippen molar-refractivity contribution in [1.82, 2.24) is 4.90 Å². The van der Waals surface area contributed by atoms with Crippen molar-refractivity contribution in [3.8, 4) is 5.75 Å². The Morgan fingerprint density at radius 3 is 2.03 bits per heavy atom. The molecule has 0 bridgehead atoms. The van der Waals surface area contributed by atoms with Crippen molar-refractivity contribution in [2.24, 2.45) is 0 Å². The minimum atomic E-state index is -0.0447. The molecule has 2 fully saturated rings. The molecule has 0 spiro atoms. The van der Waals surface area contributed by atoms with Crippen molar-refractivity contribution < 1.29 is 9.53 Å². The first-order valence-corrected chi connectivity index (χ1v) is 14.0. The van der Waals surface area contributed by atoms with E-state index in [1.165, 1.54) is 18.4 Å². The van der Waals surface area contributed by atoms with Crippen LogP contribution in [0.4, 0.5) is 17.1 Å². The Morgan fingerprint density at radius 2 is 1.42 bits per heavy atom. The molecule has 200 valence electrons. The largest absolute Gasteiger partial charge is 0.497 e. The zero-order valence-electron chi connectivity index (χ0n) is 21.8. The van der Waals surface area contributed by atoms with E-state index in [2.05, 4.69) is 44.3 Å². The van der Waals surface area contributed by atoms with Gasteiger partial charge in [0.25, 0.3) is 0 Å². The molecule has 2 saturated heterocycles. The molecular formula is C30H34Cl2N4O2. The van der Waals surface area contributed by atoms with E-state index in [1.807, 2.05) is 36.4 Å². The van der Waals surface area contributed by atoms with Crippen molar-refractivity contribution in [2.75, 3.05) is 61.5 Å². The van der Waals surface area contributed by atoms with Gasteiger partial charge in [-0.25, -0.2) is 0 Å². The van der Waals surface area contributed by atoms with Crippen LogP contribution in [0.1, 0.15) is 24.0 Å². The second kappa shape index (κ2) is 12.3. The smallest absolute Gasteiger partial charge is 0.228 e. The summed E-state index contributed by atoms with van der Waals surface area (Å²) < 4.78 is 5.17. The zero-order chi connectivity index (χ0) is 26.5. The van der Waals surface area contributed by atoms with Crippen molar-refractivity contribution >= 4 is 46.2 Å². The third-order valence-electron chi connectivity index (χ3n) is 7.32. The number of piperazine rings is 1. The highest BCUT2D eigenvalue weighted by Crippen LogP contribution is 2.36. The highest BCUT2D eigenvalue weighted by atomic mass is 35.5. The number of rotatable bonds is 8. The van der Waals surface area contributed by atoms with Gasteiger partial charge in [0.2, 0.25) is 5.91 Å². The summed E-state index contributed by atoms with van der Waals surface area (Å²) in [6.07, 6.45) is 2.86. The summed E-state index contributed by atoms with van der Waals surface area (Å²) in [5.41, 5.74) is 4.99. The number of carbonyl (C=O) groups excluding carboxylic acids is 1. The second-order valence-electron chi connectivity index (χ2n) is 9.99. The van der Waals surface area contributed by atoms with Crippen LogP contribution in [0, 0.1) is 0 Å². The summed E-state index contributed by atoms with van der Waals surface area (Å²) in [7, 11) is 1.63. The van der Waals surface area contributed by atoms with E-state index >= 15 is 0 Å². The van der Waals surface area contributed by atoms with E-state index in [-0.39, 0.29) is 5.91 Å². The van der Waals surface area contributed by atoms with Gasteiger partial charge in [0.05, 0.1) is 29.3 Å². The van der Waals surface area contributed by atoms with Crippen molar-refractivity contribution in [3.05, 3.63) is 81.8 Å². The number of carbonyl (C=O) groups is 1. The number of amides is 1. The molecule has 0 aromatic heterocycles. The van der Waals surface area contributed by atoms with E-state index in [0.717, 1.165) is 84.2 Å². The fraction of sp³-hybridized carbons (Fsp3) is 0.367. The third kappa shape index (κ3) is 6.55. The normalized spacial score (nSPS) is 16.1. The van der Waals surface area contributed by atoms with Crippen LogP contribution in [0.2, 0.25) is 10.0 Å². The molecule has 0 saturated carbocycles. The number of ether oxygens (including phenoxy) is 1. The number of nitrogens with one attached hydrogen (secondary N) is 1. The quantitative estimate of drug-likeness (QED) is 0.365. The number of methoxy groups -OCH3 is 1. The molecule has 1 amide bonds. The molecule has 0 radical (unpaired) electrons. The molecule has 2 heterocycles. The number of nitrogens with zero attached hydrogens (tertiary/aromatic N) is 3. The van der Waals surface area contributed by atoms with Gasteiger partial charge in [-0.15, -0.1) is 0 Å². The molecule has 2 aliphatic heterocycles. The van der Waals surface area contributed by atoms with Gasteiger partial charge in [-0.1, -0.05) is 35.3 Å². The van der Waals surface area contributed by atoms with Gasteiger partial charge in [-0.2, -0.15) is 0 Å². The van der Waals surface area contributed by atoms with Crippen molar-refractivity contribution in [2.45, 2.75) is 25.8 Å². The van der Waals surface area contributed by atoms with Gasteiger partial charge in [-0.3, -0.25) is 9.69 Å². The Hall–Kier alpha value is -2.93. The maximum atomic E-state index is 12.5. The minimum Gasteiger partial charge on any atom is -0.497 e. The lowest BCUT2D eigenvalue weighted by molar-refractivity contribution is -0.115. The standard InChI is InChI=1S/C30H34Cl2N4O2/c1-38-26-10-4-22(5-11-26)20-29(37)33-24-6-8-25(9-7-24)35-14-16-36(17-15-35)30-27(31)18-23(19-28(30)32)21-34-12-2-3-13-34/h4-11,18-19H,2-3,12-17,20-21H2,1H3,(H,33,37). The predicted molar refractivity (Wildman–Crippen MR) is 157 cm³/mol. The van der Waals surface area contributed by atoms with Crippen LogP contribution < -0.4 is 19.9 Å². The van der Waals surface area contributed by atoms with E-state index in [1.54, 1.807) is 7.11 Å². The molecule has 6 nitrogen and oxygen atoms in total. The average molecular weight is 554 g/mol. The van der Waals surface area contributed by atoms with Crippen LogP contribution in [-0.2, 0) is 17.8 Å². The maximum absolute atomic E-state index is 12.5. The first-order chi connectivity index (χ1) is 18.5. The first-order valence-electron chi connectivity index (χ1n) is 13.2. The molecular weight excluding hydrogens is 519 g/mol. The second-order valence-corrected chi connectivity index (χ2v) is 10.8. The topological polar surface area (TPSA) is 48.1 Å². The van der Waals surface area contributed by atoms with Crippen molar-refractivity contribution in [3.63, 3.8) is 0 Å². The van der Waals surface area contributed by atoms with Gasteiger partial charge >= 0.3 is 0 Å². The highest BCUT2D eigenvalue weighted by molar-refractivity contribution is 6.39. The van der Waals surface area contributed by atoms with E-state index in [9.17, 15) is 4.79 Å². The lowest BCUT2D eigenvalue weighted by atomic mass is 10.1. The van der Waals surface area contributed by atoms with E-state index in [4.69, 9.17) is 27.9 Å². The lowest BCUT2D eigenvalue weighted by Gasteiger charge is -2.38. The lowest BCUT2D eigenvalue weighted by Crippen LogP contribution is -2.46. The molecule has 3 aromatic carbocycles. The SMILES string of the molecule is COc1ccc(CC(=O)Nc2ccc(N3CCN(c4c(Cl)cc(CN5CCCC5)cc4Cl)CC3)cc2)cc1. The molecule has 0 unspecified atom stereocenters. The molecule has 38 heavy (non-hydrogen) atoms. The number of hydrogen-bond acceptors (Lipinski definition) is 5. The minimum absolute atomic E-state index is 0.0447. The van der Waals surface area contributed by atoms with Crippen molar-refractivity contribution in [1.29, 1.82) is 0 Å². The van der Waals surface area contributed by atoms with Gasteiger partial charge < -0.3 is 19.9 Å². The number of halogens is 2. The number of benzene rings is 3. The first kappa shape index (κ1) is 26.7. The Labute approximate surface area is 235 Å². The van der Waals surface area contributed by atoms with E-state index in [0.29, 0.717) is 6.42 Å². The monoisotopic (exact) mass is 552 g/mol. The maximum Gasteiger partial charge on any atom is 0.228 e. The molecule has 3 aromatic rings. The van der Waals surface area contributed by atoms with Gasteiger partial charge in [0.15, 0.2) is 0 Å². The van der Waals surface area contributed by atoms with Crippen LogP contribution in [0.25, 0.3) is 0 Å². The van der Waals surface area contributed by atoms with Gasteiger partial charge in [0, 0.05) is 44.1 Å². The fourth-order valence-electron chi connectivity index (χ4n) is 5.29. The summed E-state index contributed by atoms with van der Waals surface area (Å²) in [6.45, 7) is 6.62. The Balaban J connectivity index is 1.14. The predicted octanol–water partition coefficient (Wildman–Crippen LogP) is 6.11. The average Bonchev–Trinajstić information content (AvgIpc) is 3.43. The van der Waals surface area contributed by atoms with Crippen LogP contribution in [0.5, 0.6) is 5.75 Å². The highest BCUT2D eigenvalue weighted by Gasteiger charge is 2.22. The number of anilines is 3. The molecule has 0 aliphatic carbocycles. The summed E-state index contributed by atoms with van der Waals surface area (Å²) >= 11 is 13.5. The van der Waals surface area contributed by atoms with E-state index < -0.39 is 0 Å². The Bertz CT molecular complexity index is 1210. The molecule has 5 rings (SSSR count). The fourth-order valence-corrected chi connectivity index (χ4v) is 6.06. The van der Waals surface area contributed by atoms with Crippen LogP contribution in [0.3, 0.4) is 0 Å². The molecule has 2 aliphatic rings. The van der Waals surface area contributed by atoms with Gasteiger partial charge in [-0.05, 0) is 85.6 Å². The van der Waals surface area contributed by atoms with Gasteiger partial charge in [0.1, 0.15) is 5.75 Å². The summed E-state index contributed by atoms with van der Waals surface area (Å²) in [6, 6.07) is 19.7. The van der Waals surface area contributed by atoms with Crippen LogP contribution in [0.15, 0.2) is 60.7 Å². The third-order valence-corrected chi connectivity index (χ3v) is 7.89. The zero-order valence-corrected chi connectivity index (χ0v) is 23.3. The van der Waals surface area contributed by atoms with Crippen LogP contribution in [-0.4, -0.2) is 57.2 Å². The molecule has 0 atom stereocenters. The Morgan fingerprint density at radius 1 is 0.816 bits per heavy atom. The number of hydrogen-bond donors (Lipinski definition) is 1. The van der Waals surface area contributed by atoms with Crippen LogP contribution >= 0.6 is 23.2 Å². The summed E-state index contributed by atoms with van der Waals surface area (Å²) in [5, 5.41) is 4.45. The number of likely N-dealkylation sites (tertiary alicyclic amines) is 1. The molecule has 8 heteroatoms.